The molecule has 0 heterocycles. The van der Waals surface area contributed by atoms with E-state index in [1.807, 2.05) is 0 Å². The lowest BCUT2D eigenvalue weighted by atomic mass is 10.2. The number of unbranched alkanes of at least 4 members (excludes halogenated alkanes) is 3. The fourth-order valence-corrected chi connectivity index (χ4v) is 0.883. The normalized spacial score (nSPS) is 11.7. The van der Waals surface area contributed by atoms with Crippen molar-refractivity contribution in [1.29, 1.82) is 0 Å². The van der Waals surface area contributed by atoms with Gasteiger partial charge in [0.25, 0.3) is 0 Å². The van der Waals surface area contributed by atoms with Gasteiger partial charge in [-0.2, -0.15) is 0 Å². The molecule has 0 bridgehead atoms. The molecule has 0 aliphatic heterocycles. The zero-order valence-corrected chi connectivity index (χ0v) is 7.29. The molecule has 64 valence electrons. The molecule has 0 aromatic rings. The average molecular weight is 154 g/mol. The molecular formula is C10H18O. The molecule has 0 atom stereocenters. The molecule has 0 aliphatic carbocycles. The van der Waals surface area contributed by atoms with Gasteiger partial charge in [-0.1, -0.05) is 25.2 Å². The second kappa shape index (κ2) is 9.28. The maximum absolute atomic E-state index is 8.31. The molecule has 0 fully saturated rings. The van der Waals surface area contributed by atoms with E-state index in [-0.39, 0.29) is 0 Å². The van der Waals surface area contributed by atoms with Crippen molar-refractivity contribution in [2.45, 2.75) is 39.0 Å². The van der Waals surface area contributed by atoms with E-state index in [0.717, 1.165) is 19.1 Å². The SMILES string of the molecule is CC/C=C/CCCC/C=C/O. The van der Waals surface area contributed by atoms with E-state index in [2.05, 4.69) is 19.1 Å². The highest BCUT2D eigenvalue weighted by Gasteiger charge is 1.82. The van der Waals surface area contributed by atoms with Crippen molar-refractivity contribution in [2.24, 2.45) is 0 Å². The monoisotopic (exact) mass is 154 g/mol. The maximum atomic E-state index is 8.31. The number of hydrogen-bond acceptors (Lipinski definition) is 1. The first-order valence-corrected chi connectivity index (χ1v) is 4.36. The maximum Gasteiger partial charge on any atom is 0.0751 e. The Balaban J connectivity index is 2.96. The van der Waals surface area contributed by atoms with Crippen LogP contribution in [0.5, 0.6) is 0 Å². The van der Waals surface area contributed by atoms with Gasteiger partial charge in [0, 0.05) is 0 Å². The molecule has 1 heteroatoms. The highest BCUT2D eigenvalue weighted by molar-refractivity contribution is 4.80. The topological polar surface area (TPSA) is 20.2 Å². The zero-order valence-electron chi connectivity index (χ0n) is 7.29. The highest BCUT2D eigenvalue weighted by Crippen LogP contribution is 2.01. The van der Waals surface area contributed by atoms with Crippen molar-refractivity contribution >= 4 is 0 Å². The number of rotatable bonds is 6. The van der Waals surface area contributed by atoms with Gasteiger partial charge in [0.1, 0.15) is 0 Å². The van der Waals surface area contributed by atoms with Crippen molar-refractivity contribution in [1.82, 2.24) is 0 Å². The van der Waals surface area contributed by atoms with Crippen LogP contribution >= 0.6 is 0 Å². The summed E-state index contributed by atoms with van der Waals surface area (Å²) in [7, 11) is 0. The van der Waals surface area contributed by atoms with Crippen LogP contribution in [0.1, 0.15) is 39.0 Å². The Morgan fingerprint density at radius 2 is 1.64 bits per heavy atom. The molecule has 0 saturated carbocycles. The summed E-state index contributed by atoms with van der Waals surface area (Å²) in [4.78, 5) is 0. The number of aliphatic hydroxyl groups is 1. The predicted octanol–water partition coefficient (Wildman–Crippen LogP) is 3.58. The second-order valence-corrected chi connectivity index (χ2v) is 2.55. The first kappa shape index (κ1) is 10.3. The summed E-state index contributed by atoms with van der Waals surface area (Å²) >= 11 is 0. The van der Waals surface area contributed by atoms with Gasteiger partial charge in [-0.15, -0.1) is 0 Å². The molecule has 0 unspecified atom stereocenters. The van der Waals surface area contributed by atoms with E-state index in [4.69, 9.17) is 5.11 Å². The van der Waals surface area contributed by atoms with Gasteiger partial charge in [-0.25, -0.2) is 0 Å². The van der Waals surface area contributed by atoms with E-state index >= 15 is 0 Å². The lowest BCUT2D eigenvalue weighted by Crippen LogP contribution is -1.72. The third-order valence-electron chi connectivity index (χ3n) is 1.50. The summed E-state index contributed by atoms with van der Waals surface area (Å²) in [6, 6.07) is 0. The summed E-state index contributed by atoms with van der Waals surface area (Å²) in [5.74, 6) is 0. The second-order valence-electron chi connectivity index (χ2n) is 2.55. The lowest BCUT2D eigenvalue weighted by Gasteiger charge is -1.91. The molecule has 0 spiro atoms. The molecule has 11 heavy (non-hydrogen) atoms. The Morgan fingerprint density at radius 3 is 2.18 bits per heavy atom. The minimum Gasteiger partial charge on any atom is -0.516 e. The Hall–Kier alpha value is -0.720. The van der Waals surface area contributed by atoms with Crippen molar-refractivity contribution in [3.63, 3.8) is 0 Å². The predicted molar refractivity (Wildman–Crippen MR) is 49.7 cm³/mol. The number of allylic oxidation sites excluding steroid dienone is 3. The van der Waals surface area contributed by atoms with E-state index in [0.29, 0.717) is 0 Å². The first-order chi connectivity index (χ1) is 5.41. The summed E-state index contributed by atoms with van der Waals surface area (Å²) in [6.45, 7) is 2.14. The van der Waals surface area contributed by atoms with Crippen molar-refractivity contribution in [3.8, 4) is 0 Å². The fraction of sp³-hybridized carbons (Fsp3) is 0.600. The first-order valence-electron chi connectivity index (χ1n) is 4.36. The molecule has 0 saturated heterocycles. The minimum atomic E-state index is 0.996. The molecule has 0 aromatic heterocycles. The van der Waals surface area contributed by atoms with Crippen LogP contribution < -0.4 is 0 Å². The fourth-order valence-electron chi connectivity index (χ4n) is 0.883. The van der Waals surface area contributed by atoms with E-state index < -0.39 is 0 Å². The van der Waals surface area contributed by atoms with Crippen LogP contribution in [0.4, 0.5) is 0 Å². The van der Waals surface area contributed by atoms with Gasteiger partial charge >= 0.3 is 0 Å². The molecule has 0 aliphatic rings. The van der Waals surface area contributed by atoms with Crippen molar-refractivity contribution in [2.75, 3.05) is 0 Å². The third kappa shape index (κ3) is 9.28. The Labute approximate surface area is 69.4 Å². The van der Waals surface area contributed by atoms with Crippen LogP contribution in [0.15, 0.2) is 24.5 Å². The van der Waals surface area contributed by atoms with Crippen LogP contribution in [0.25, 0.3) is 0 Å². The molecule has 0 aromatic carbocycles. The Kier molecular flexibility index (Phi) is 8.67. The molecule has 1 nitrogen and oxygen atoms in total. The zero-order chi connectivity index (χ0) is 8.36. The van der Waals surface area contributed by atoms with E-state index in [1.165, 1.54) is 19.3 Å². The van der Waals surface area contributed by atoms with Gasteiger partial charge in [-0.05, 0) is 32.1 Å². The summed E-state index contributed by atoms with van der Waals surface area (Å²) in [6.07, 6.45) is 13.0. The van der Waals surface area contributed by atoms with Gasteiger partial charge in [0.15, 0.2) is 0 Å². The standard InChI is InChI=1S/C10H18O/c1-2-3-4-5-6-7-8-9-10-11/h3-4,9-11H,2,5-8H2,1H3/b4-3+,10-9+. The summed E-state index contributed by atoms with van der Waals surface area (Å²) < 4.78 is 0. The van der Waals surface area contributed by atoms with Crippen LogP contribution in [0.3, 0.4) is 0 Å². The van der Waals surface area contributed by atoms with Crippen LogP contribution in [-0.4, -0.2) is 5.11 Å². The number of hydrogen-bond donors (Lipinski definition) is 1. The van der Waals surface area contributed by atoms with Crippen LogP contribution in [-0.2, 0) is 0 Å². The van der Waals surface area contributed by atoms with Gasteiger partial charge < -0.3 is 5.11 Å². The summed E-state index contributed by atoms with van der Waals surface area (Å²) in [5, 5.41) is 8.31. The third-order valence-corrected chi connectivity index (χ3v) is 1.50. The molecule has 0 rings (SSSR count). The van der Waals surface area contributed by atoms with Gasteiger partial charge in [0.2, 0.25) is 0 Å². The van der Waals surface area contributed by atoms with Crippen LogP contribution in [0.2, 0.25) is 0 Å². The minimum absolute atomic E-state index is 0.996. The lowest BCUT2D eigenvalue weighted by molar-refractivity contribution is 0.470. The summed E-state index contributed by atoms with van der Waals surface area (Å²) in [5.41, 5.74) is 0. The van der Waals surface area contributed by atoms with E-state index in [1.54, 1.807) is 6.08 Å². The van der Waals surface area contributed by atoms with Gasteiger partial charge in [-0.3, -0.25) is 0 Å². The van der Waals surface area contributed by atoms with Gasteiger partial charge in [0.05, 0.1) is 6.26 Å². The van der Waals surface area contributed by atoms with Crippen molar-refractivity contribution in [3.05, 3.63) is 24.5 Å². The molecule has 0 radical (unpaired) electrons. The largest absolute Gasteiger partial charge is 0.516 e. The average Bonchev–Trinajstić information content (AvgIpc) is 2.03. The van der Waals surface area contributed by atoms with E-state index in [9.17, 15) is 0 Å². The van der Waals surface area contributed by atoms with Crippen LogP contribution in [0, 0.1) is 0 Å². The quantitative estimate of drug-likeness (QED) is 0.352. The highest BCUT2D eigenvalue weighted by atomic mass is 16.2. The molecule has 0 amide bonds. The Bertz CT molecular complexity index is 114. The molecule has 1 N–H and O–H groups in total. The Morgan fingerprint density at radius 1 is 1.00 bits per heavy atom. The molecular weight excluding hydrogens is 136 g/mol. The smallest absolute Gasteiger partial charge is 0.0751 e. The number of aliphatic hydroxyl groups excluding tert-OH is 1. The van der Waals surface area contributed by atoms with Crippen molar-refractivity contribution < 1.29 is 5.11 Å².